The van der Waals surface area contributed by atoms with Gasteiger partial charge in [0, 0.05) is 43.6 Å². The first-order valence-corrected chi connectivity index (χ1v) is 9.74. The van der Waals surface area contributed by atoms with Crippen LogP contribution in [0.15, 0.2) is 24.3 Å². The molecule has 1 fully saturated rings. The number of rotatable bonds is 8. The molecule has 4 nitrogen and oxygen atoms in total. The van der Waals surface area contributed by atoms with Crippen molar-refractivity contribution in [1.82, 2.24) is 15.5 Å². The molecule has 7 heteroatoms. The molecule has 1 aliphatic heterocycles. The molecule has 0 aliphatic carbocycles. The molecule has 2 N–H and O–H groups in total. The zero-order chi connectivity index (χ0) is 16.5. The summed E-state index contributed by atoms with van der Waals surface area (Å²) in [6.07, 6.45) is 0.576. The van der Waals surface area contributed by atoms with Gasteiger partial charge in [-0.1, -0.05) is 38.1 Å². The van der Waals surface area contributed by atoms with Gasteiger partial charge in [0.05, 0.1) is 0 Å². The zero-order valence-corrected chi connectivity index (χ0v) is 17.6. The first-order valence-electron chi connectivity index (χ1n) is 8.59. The molecule has 1 aromatic rings. The molecule has 2 rings (SSSR count). The highest BCUT2D eigenvalue weighted by molar-refractivity contribution is 7.99. The minimum atomic E-state index is 0. The molecule has 1 saturated heterocycles. The Morgan fingerprint density at radius 2 is 1.84 bits per heavy atom. The van der Waals surface area contributed by atoms with Gasteiger partial charge in [-0.25, -0.2) is 0 Å². The fraction of sp³-hybridized carbons (Fsp3) is 0.611. The van der Waals surface area contributed by atoms with Crippen LogP contribution in [-0.4, -0.2) is 48.0 Å². The Labute approximate surface area is 168 Å². The molecule has 1 atom stereocenters. The van der Waals surface area contributed by atoms with Crippen molar-refractivity contribution in [2.45, 2.75) is 39.4 Å². The van der Waals surface area contributed by atoms with Gasteiger partial charge < -0.3 is 10.6 Å². The predicted octanol–water partition coefficient (Wildman–Crippen LogP) is 3.08. The van der Waals surface area contributed by atoms with Crippen molar-refractivity contribution < 1.29 is 4.79 Å². The van der Waals surface area contributed by atoms with Crippen molar-refractivity contribution >= 4 is 42.5 Å². The predicted molar refractivity (Wildman–Crippen MR) is 113 cm³/mol. The third-order valence-corrected chi connectivity index (χ3v) is 5.37. The molecule has 1 aromatic carbocycles. The standard InChI is InChI=1S/C18H29N3OS.2ClH/c1-3-21(4-2)13-16-7-5-15(6-8-16)12-20-18(22)11-17-14-23-10-9-19-17;;/h5-8,17,19H,3-4,9-14H2,1-2H3,(H,20,22);2*1H. The van der Waals surface area contributed by atoms with Crippen LogP contribution in [0.4, 0.5) is 0 Å². The molecule has 1 unspecified atom stereocenters. The van der Waals surface area contributed by atoms with Gasteiger partial charge in [0.25, 0.3) is 0 Å². The van der Waals surface area contributed by atoms with E-state index >= 15 is 0 Å². The van der Waals surface area contributed by atoms with Gasteiger partial charge in [-0.2, -0.15) is 11.8 Å². The van der Waals surface area contributed by atoms with Crippen LogP contribution in [0.2, 0.25) is 0 Å². The Bertz CT molecular complexity index is 478. The van der Waals surface area contributed by atoms with Crippen molar-refractivity contribution in [1.29, 1.82) is 0 Å². The first kappa shape index (κ1) is 24.5. The average Bonchev–Trinajstić information content (AvgIpc) is 2.60. The SMILES string of the molecule is CCN(CC)Cc1ccc(CNC(=O)CC2CSCCN2)cc1.Cl.Cl. The second-order valence-electron chi connectivity index (χ2n) is 5.98. The fourth-order valence-corrected chi connectivity index (χ4v) is 3.66. The number of hydrogen-bond donors (Lipinski definition) is 2. The summed E-state index contributed by atoms with van der Waals surface area (Å²) in [5.74, 6) is 2.32. The smallest absolute Gasteiger partial charge is 0.221 e. The number of halogens is 2. The Balaban J connectivity index is 0.00000288. The normalized spacial score (nSPS) is 16.7. The minimum Gasteiger partial charge on any atom is -0.352 e. The Morgan fingerprint density at radius 1 is 1.20 bits per heavy atom. The Morgan fingerprint density at radius 3 is 2.40 bits per heavy atom. The molecular formula is C18H31Cl2N3OS. The number of nitrogens with zero attached hydrogens (tertiary/aromatic N) is 1. The molecule has 0 radical (unpaired) electrons. The first-order chi connectivity index (χ1) is 11.2. The van der Waals surface area contributed by atoms with Crippen molar-refractivity contribution in [3.05, 3.63) is 35.4 Å². The molecule has 0 saturated carbocycles. The van der Waals surface area contributed by atoms with Crippen LogP contribution in [0.5, 0.6) is 0 Å². The van der Waals surface area contributed by atoms with Gasteiger partial charge in [0.2, 0.25) is 5.91 Å². The number of benzene rings is 1. The van der Waals surface area contributed by atoms with Crippen molar-refractivity contribution in [2.24, 2.45) is 0 Å². The molecular weight excluding hydrogens is 377 g/mol. The number of amides is 1. The van der Waals surface area contributed by atoms with Crippen LogP contribution in [0.3, 0.4) is 0 Å². The van der Waals surface area contributed by atoms with Gasteiger partial charge >= 0.3 is 0 Å². The van der Waals surface area contributed by atoms with Crippen LogP contribution in [0, 0.1) is 0 Å². The molecule has 25 heavy (non-hydrogen) atoms. The van der Waals surface area contributed by atoms with Crippen molar-refractivity contribution in [3.8, 4) is 0 Å². The summed E-state index contributed by atoms with van der Waals surface area (Å²) in [4.78, 5) is 14.4. The maximum absolute atomic E-state index is 12.0. The molecule has 1 heterocycles. The fourth-order valence-electron chi connectivity index (χ4n) is 2.72. The number of hydrogen-bond acceptors (Lipinski definition) is 4. The molecule has 144 valence electrons. The summed E-state index contributed by atoms with van der Waals surface area (Å²) < 4.78 is 0. The second kappa shape index (κ2) is 13.7. The monoisotopic (exact) mass is 407 g/mol. The number of carbonyl (C=O) groups excluding carboxylic acids is 1. The number of thioether (sulfide) groups is 1. The van der Waals surface area contributed by atoms with Crippen LogP contribution in [0.25, 0.3) is 0 Å². The summed E-state index contributed by atoms with van der Waals surface area (Å²) in [5.41, 5.74) is 2.49. The van der Waals surface area contributed by atoms with E-state index in [1.165, 1.54) is 5.56 Å². The van der Waals surface area contributed by atoms with E-state index in [0.29, 0.717) is 19.0 Å². The summed E-state index contributed by atoms with van der Waals surface area (Å²) in [5, 5.41) is 6.43. The van der Waals surface area contributed by atoms with Crippen LogP contribution in [0.1, 0.15) is 31.4 Å². The van der Waals surface area contributed by atoms with Gasteiger partial charge in [-0.15, -0.1) is 24.8 Å². The Kier molecular flexibility index (Phi) is 13.5. The van der Waals surface area contributed by atoms with Crippen molar-refractivity contribution in [2.75, 3.05) is 31.1 Å². The van der Waals surface area contributed by atoms with E-state index in [1.54, 1.807) is 0 Å². The minimum absolute atomic E-state index is 0. The summed E-state index contributed by atoms with van der Waals surface area (Å²) in [6, 6.07) is 8.89. The van der Waals surface area contributed by atoms with E-state index in [1.807, 2.05) is 11.8 Å². The molecule has 1 amide bonds. The van der Waals surface area contributed by atoms with Crippen LogP contribution < -0.4 is 10.6 Å². The lowest BCUT2D eigenvalue weighted by Crippen LogP contribution is -2.41. The third-order valence-electron chi connectivity index (χ3n) is 4.24. The van der Waals surface area contributed by atoms with Gasteiger partial charge in [-0.05, 0) is 24.2 Å². The molecule has 1 aliphatic rings. The van der Waals surface area contributed by atoms with E-state index in [-0.39, 0.29) is 30.7 Å². The number of carbonyl (C=O) groups is 1. The van der Waals surface area contributed by atoms with Gasteiger partial charge in [0.15, 0.2) is 0 Å². The number of nitrogens with one attached hydrogen (secondary N) is 2. The quantitative estimate of drug-likeness (QED) is 0.694. The van der Waals surface area contributed by atoms with E-state index < -0.39 is 0 Å². The average molecular weight is 408 g/mol. The lowest BCUT2D eigenvalue weighted by Gasteiger charge is -2.22. The lowest BCUT2D eigenvalue weighted by molar-refractivity contribution is -0.121. The third kappa shape index (κ3) is 9.15. The highest BCUT2D eigenvalue weighted by Gasteiger charge is 2.16. The van der Waals surface area contributed by atoms with Crippen LogP contribution >= 0.6 is 36.6 Å². The van der Waals surface area contributed by atoms with Gasteiger partial charge in [-0.3, -0.25) is 9.69 Å². The molecule has 0 aromatic heterocycles. The van der Waals surface area contributed by atoms with E-state index in [4.69, 9.17) is 0 Å². The maximum atomic E-state index is 12.0. The maximum Gasteiger partial charge on any atom is 0.221 e. The van der Waals surface area contributed by atoms with Crippen molar-refractivity contribution in [3.63, 3.8) is 0 Å². The molecule has 0 spiro atoms. The largest absolute Gasteiger partial charge is 0.352 e. The Hall–Kier alpha value is -0.460. The second-order valence-corrected chi connectivity index (χ2v) is 7.13. The van der Waals surface area contributed by atoms with Crippen LogP contribution in [-0.2, 0) is 17.9 Å². The molecule has 0 bridgehead atoms. The van der Waals surface area contributed by atoms with E-state index in [2.05, 4.69) is 53.6 Å². The topological polar surface area (TPSA) is 44.4 Å². The summed E-state index contributed by atoms with van der Waals surface area (Å²) in [6.45, 7) is 9.13. The van der Waals surface area contributed by atoms with E-state index in [0.717, 1.165) is 43.2 Å². The zero-order valence-electron chi connectivity index (χ0n) is 15.1. The van der Waals surface area contributed by atoms with Gasteiger partial charge in [0.1, 0.15) is 0 Å². The lowest BCUT2D eigenvalue weighted by atomic mass is 10.1. The highest BCUT2D eigenvalue weighted by Crippen LogP contribution is 2.11. The van der Waals surface area contributed by atoms with E-state index in [9.17, 15) is 4.79 Å². The summed E-state index contributed by atoms with van der Waals surface area (Å²) in [7, 11) is 0. The summed E-state index contributed by atoms with van der Waals surface area (Å²) >= 11 is 1.92. The highest BCUT2D eigenvalue weighted by atomic mass is 35.5.